The molecule has 0 aliphatic heterocycles. The average molecular weight is 336 g/mol. The Bertz CT molecular complexity index is 412. The summed E-state index contributed by atoms with van der Waals surface area (Å²) in [4.78, 5) is 0. The minimum atomic E-state index is -0.248. The lowest BCUT2D eigenvalue weighted by molar-refractivity contribution is 0.443. The Labute approximate surface area is 103 Å². The Morgan fingerprint density at radius 2 is 1.93 bits per heavy atom. The molecule has 80 valence electrons. The maximum atomic E-state index is 5.50. The van der Waals surface area contributed by atoms with Crippen LogP contribution in [0.4, 0.5) is 0 Å². The van der Waals surface area contributed by atoms with E-state index in [9.17, 15) is 0 Å². The van der Waals surface area contributed by atoms with Crippen molar-refractivity contribution in [2.24, 2.45) is 5.84 Å². The molecule has 0 aliphatic carbocycles. The first kappa shape index (κ1) is 10.9. The first-order chi connectivity index (χ1) is 7.24. The van der Waals surface area contributed by atoms with E-state index in [1.165, 1.54) is 0 Å². The van der Waals surface area contributed by atoms with Crippen LogP contribution in [0.25, 0.3) is 0 Å². The highest BCUT2D eigenvalue weighted by molar-refractivity contribution is 9.10. The molecule has 0 saturated carbocycles. The molecule has 0 fully saturated rings. The summed E-state index contributed by atoms with van der Waals surface area (Å²) in [6.07, 6.45) is 3.18. The normalized spacial score (nSPS) is 13.0. The molecule has 1 atom stereocenters. The molecule has 0 aliphatic rings. The van der Waals surface area contributed by atoms with Crippen LogP contribution in [0, 0.1) is 0 Å². The van der Waals surface area contributed by atoms with Crippen LogP contribution in [-0.2, 0) is 0 Å². The van der Waals surface area contributed by atoms with Gasteiger partial charge >= 0.3 is 0 Å². The standard InChI is InChI=1S/C9H8Br2N2O2/c10-6-2-4-14-8(6)7(13-12)5-1-3-15-9(5)11/h1-4,7,13H,12H2. The fourth-order valence-electron chi connectivity index (χ4n) is 1.33. The van der Waals surface area contributed by atoms with Gasteiger partial charge in [-0.05, 0) is 44.0 Å². The Morgan fingerprint density at radius 3 is 2.40 bits per heavy atom. The zero-order valence-corrected chi connectivity index (χ0v) is 10.7. The van der Waals surface area contributed by atoms with Gasteiger partial charge in [-0.3, -0.25) is 5.84 Å². The van der Waals surface area contributed by atoms with Crippen LogP contribution in [0.15, 0.2) is 42.6 Å². The minimum Gasteiger partial charge on any atom is -0.466 e. The third-order valence-electron chi connectivity index (χ3n) is 2.03. The molecule has 15 heavy (non-hydrogen) atoms. The highest BCUT2D eigenvalue weighted by Crippen LogP contribution is 2.33. The number of nitrogens with two attached hydrogens (primary N) is 1. The molecule has 2 heterocycles. The second-order valence-electron chi connectivity index (χ2n) is 2.88. The second-order valence-corrected chi connectivity index (χ2v) is 4.46. The molecule has 2 aromatic rings. The van der Waals surface area contributed by atoms with Gasteiger partial charge < -0.3 is 8.83 Å². The van der Waals surface area contributed by atoms with Crippen molar-refractivity contribution in [2.75, 3.05) is 0 Å². The van der Waals surface area contributed by atoms with E-state index in [2.05, 4.69) is 37.3 Å². The van der Waals surface area contributed by atoms with E-state index in [0.717, 1.165) is 10.0 Å². The molecule has 2 rings (SSSR count). The van der Waals surface area contributed by atoms with Gasteiger partial charge in [0.1, 0.15) is 11.8 Å². The van der Waals surface area contributed by atoms with Gasteiger partial charge in [-0.15, -0.1) is 0 Å². The van der Waals surface area contributed by atoms with Gasteiger partial charge in [-0.1, -0.05) is 0 Å². The fraction of sp³-hybridized carbons (Fsp3) is 0.111. The van der Waals surface area contributed by atoms with E-state index >= 15 is 0 Å². The molecule has 4 nitrogen and oxygen atoms in total. The van der Waals surface area contributed by atoms with Crippen LogP contribution >= 0.6 is 31.9 Å². The summed E-state index contributed by atoms with van der Waals surface area (Å²) in [5.41, 5.74) is 3.56. The summed E-state index contributed by atoms with van der Waals surface area (Å²) >= 11 is 6.68. The number of hydrogen-bond acceptors (Lipinski definition) is 4. The van der Waals surface area contributed by atoms with Gasteiger partial charge in [-0.2, -0.15) is 0 Å². The highest BCUT2D eigenvalue weighted by Gasteiger charge is 2.22. The van der Waals surface area contributed by atoms with Gasteiger partial charge in [0, 0.05) is 5.56 Å². The molecular formula is C9H8Br2N2O2. The van der Waals surface area contributed by atoms with Gasteiger partial charge in [-0.25, -0.2) is 5.43 Å². The minimum absolute atomic E-state index is 0.248. The van der Waals surface area contributed by atoms with Crippen molar-refractivity contribution >= 4 is 31.9 Å². The molecule has 0 aromatic carbocycles. The number of furan rings is 2. The molecule has 0 amide bonds. The average Bonchev–Trinajstić information content (AvgIpc) is 2.80. The van der Waals surface area contributed by atoms with Crippen LogP contribution in [0.2, 0.25) is 0 Å². The Hall–Kier alpha value is -0.560. The van der Waals surface area contributed by atoms with E-state index < -0.39 is 0 Å². The maximum absolute atomic E-state index is 5.50. The lowest BCUT2D eigenvalue weighted by Gasteiger charge is -2.12. The van der Waals surface area contributed by atoms with Crippen LogP contribution in [-0.4, -0.2) is 0 Å². The molecule has 2 aromatic heterocycles. The molecule has 3 N–H and O–H groups in total. The maximum Gasteiger partial charge on any atom is 0.174 e. The van der Waals surface area contributed by atoms with E-state index in [1.54, 1.807) is 12.5 Å². The van der Waals surface area contributed by atoms with Crippen LogP contribution < -0.4 is 11.3 Å². The second kappa shape index (κ2) is 4.52. The topological polar surface area (TPSA) is 64.3 Å². The summed E-state index contributed by atoms with van der Waals surface area (Å²) in [7, 11) is 0. The zero-order chi connectivity index (χ0) is 10.8. The van der Waals surface area contributed by atoms with E-state index in [1.807, 2.05) is 12.1 Å². The third kappa shape index (κ3) is 2.03. The van der Waals surface area contributed by atoms with Crippen molar-refractivity contribution in [3.05, 3.63) is 45.1 Å². The number of nitrogens with one attached hydrogen (secondary N) is 1. The smallest absolute Gasteiger partial charge is 0.174 e. The van der Waals surface area contributed by atoms with Gasteiger partial charge in [0.15, 0.2) is 4.67 Å². The summed E-state index contributed by atoms with van der Waals surface area (Å²) < 4.78 is 12.0. The van der Waals surface area contributed by atoms with Crippen molar-refractivity contribution < 1.29 is 8.83 Å². The van der Waals surface area contributed by atoms with E-state index in [-0.39, 0.29) is 6.04 Å². The predicted molar refractivity (Wildman–Crippen MR) is 62.0 cm³/mol. The molecule has 0 saturated heterocycles. The zero-order valence-electron chi connectivity index (χ0n) is 7.54. The van der Waals surface area contributed by atoms with Crippen molar-refractivity contribution in [3.63, 3.8) is 0 Å². The number of hydrogen-bond donors (Lipinski definition) is 2. The van der Waals surface area contributed by atoms with E-state index in [0.29, 0.717) is 10.4 Å². The van der Waals surface area contributed by atoms with E-state index in [4.69, 9.17) is 14.7 Å². The lowest BCUT2D eigenvalue weighted by Crippen LogP contribution is -2.28. The first-order valence-corrected chi connectivity index (χ1v) is 5.74. The Morgan fingerprint density at radius 1 is 1.20 bits per heavy atom. The fourth-order valence-corrected chi connectivity index (χ4v) is 2.23. The van der Waals surface area contributed by atoms with Crippen LogP contribution in [0.5, 0.6) is 0 Å². The van der Waals surface area contributed by atoms with Crippen LogP contribution in [0.1, 0.15) is 17.4 Å². The predicted octanol–water partition coefficient (Wildman–Crippen LogP) is 2.95. The summed E-state index contributed by atoms with van der Waals surface area (Å²) in [5, 5.41) is 0. The first-order valence-electron chi connectivity index (χ1n) is 4.16. The van der Waals surface area contributed by atoms with Gasteiger partial charge in [0.2, 0.25) is 0 Å². The highest BCUT2D eigenvalue weighted by atomic mass is 79.9. The SMILES string of the molecule is NNC(c1ccoc1Br)c1occc1Br. The molecule has 0 spiro atoms. The summed E-state index contributed by atoms with van der Waals surface area (Å²) in [6, 6.07) is 3.39. The molecular weight excluding hydrogens is 328 g/mol. The molecule has 6 heteroatoms. The Balaban J connectivity index is 2.41. The van der Waals surface area contributed by atoms with Crippen molar-refractivity contribution in [3.8, 4) is 0 Å². The Kier molecular flexibility index (Phi) is 3.30. The summed E-state index contributed by atoms with van der Waals surface area (Å²) in [6.45, 7) is 0. The van der Waals surface area contributed by atoms with Crippen molar-refractivity contribution in [2.45, 2.75) is 6.04 Å². The number of hydrazine groups is 1. The van der Waals surface area contributed by atoms with Gasteiger partial charge in [0.05, 0.1) is 17.0 Å². The number of rotatable bonds is 3. The van der Waals surface area contributed by atoms with Gasteiger partial charge in [0.25, 0.3) is 0 Å². The summed E-state index contributed by atoms with van der Waals surface area (Å²) in [5.74, 6) is 6.21. The third-order valence-corrected chi connectivity index (χ3v) is 3.33. The van der Waals surface area contributed by atoms with Crippen molar-refractivity contribution in [1.29, 1.82) is 0 Å². The number of halogens is 2. The molecule has 1 unspecified atom stereocenters. The lowest BCUT2D eigenvalue weighted by atomic mass is 10.1. The van der Waals surface area contributed by atoms with Crippen molar-refractivity contribution in [1.82, 2.24) is 5.43 Å². The monoisotopic (exact) mass is 334 g/mol. The largest absolute Gasteiger partial charge is 0.466 e. The quantitative estimate of drug-likeness (QED) is 0.668. The molecule has 0 bridgehead atoms. The molecule has 0 radical (unpaired) electrons. The van der Waals surface area contributed by atoms with Crippen LogP contribution in [0.3, 0.4) is 0 Å².